The first-order chi connectivity index (χ1) is 14.0. The maximum atomic E-state index is 12.9. The second-order valence-corrected chi connectivity index (χ2v) is 6.10. The van der Waals surface area contributed by atoms with Crippen molar-refractivity contribution in [2.75, 3.05) is 12.5 Å². The molecule has 7 heteroatoms. The van der Waals surface area contributed by atoms with Gasteiger partial charge in [-0.05, 0) is 42.0 Å². The number of methoxy groups -OCH3 is 1. The number of para-hydroxylation sites is 2. The molecule has 0 unspecified atom stereocenters. The van der Waals surface area contributed by atoms with E-state index in [1.165, 1.54) is 13.2 Å². The lowest BCUT2D eigenvalue weighted by molar-refractivity contribution is -0.137. The van der Waals surface area contributed by atoms with E-state index in [1.54, 1.807) is 30.5 Å². The molecular formula is C22H19F3N2O2. The summed E-state index contributed by atoms with van der Waals surface area (Å²) in [6.45, 7) is -0.0444. The summed E-state index contributed by atoms with van der Waals surface area (Å²) >= 11 is 0. The van der Waals surface area contributed by atoms with Crippen molar-refractivity contribution in [3.63, 3.8) is 0 Å². The van der Waals surface area contributed by atoms with Crippen LogP contribution in [0.4, 0.5) is 18.9 Å². The van der Waals surface area contributed by atoms with Gasteiger partial charge in [0.15, 0.2) is 11.5 Å². The van der Waals surface area contributed by atoms with Gasteiger partial charge in [0, 0.05) is 5.56 Å². The Labute approximate surface area is 166 Å². The molecule has 0 radical (unpaired) electrons. The number of nitrogens with zero attached hydrogens (tertiary/aromatic N) is 1. The van der Waals surface area contributed by atoms with Crippen molar-refractivity contribution >= 4 is 11.9 Å². The highest BCUT2D eigenvalue weighted by Gasteiger charge is 2.30. The van der Waals surface area contributed by atoms with Gasteiger partial charge in [-0.25, -0.2) is 0 Å². The SMILES string of the molecule is COc1cccc(C=NNc2ccccc2)c1OCc1cccc(C(F)(F)F)c1. The Hall–Kier alpha value is -3.48. The molecule has 1 N–H and O–H groups in total. The summed E-state index contributed by atoms with van der Waals surface area (Å²) in [5, 5.41) is 4.19. The molecule has 0 amide bonds. The number of alkyl halides is 3. The van der Waals surface area contributed by atoms with Crippen LogP contribution in [-0.2, 0) is 12.8 Å². The summed E-state index contributed by atoms with van der Waals surface area (Å²) in [6, 6.07) is 19.7. The molecule has 150 valence electrons. The van der Waals surface area contributed by atoms with E-state index in [4.69, 9.17) is 9.47 Å². The van der Waals surface area contributed by atoms with Gasteiger partial charge >= 0.3 is 6.18 Å². The fraction of sp³-hybridized carbons (Fsp3) is 0.136. The van der Waals surface area contributed by atoms with Crippen LogP contribution in [0.1, 0.15) is 16.7 Å². The predicted molar refractivity (Wildman–Crippen MR) is 106 cm³/mol. The fourth-order valence-electron chi connectivity index (χ4n) is 2.63. The lowest BCUT2D eigenvalue weighted by Gasteiger charge is -2.14. The molecule has 0 bridgehead atoms. The minimum atomic E-state index is -4.40. The smallest absolute Gasteiger partial charge is 0.416 e. The van der Waals surface area contributed by atoms with Crippen molar-refractivity contribution in [1.82, 2.24) is 0 Å². The maximum absolute atomic E-state index is 12.9. The topological polar surface area (TPSA) is 42.8 Å². The van der Waals surface area contributed by atoms with Gasteiger partial charge in [-0.15, -0.1) is 0 Å². The van der Waals surface area contributed by atoms with E-state index in [0.717, 1.165) is 17.8 Å². The van der Waals surface area contributed by atoms with Crippen molar-refractivity contribution in [2.45, 2.75) is 12.8 Å². The Morgan fingerprint density at radius 3 is 2.45 bits per heavy atom. The van der Waals surface area contributed by atoms with Gasteiger partial charge in [0.2, 0.25) is 0 Å². The van der Waals surface area contributed by atoms with E-state index in [-0.39, 0.29) is 6.61 Å². The van der Waals surface area contributed by atoms with Gasteiger partial charge in [-0.2, -0.15) is 18.3 Å². The third-order valence-corrected chi connectivity index (χ3v) is 4.04. The van der Waals surface area contributed by atoms with Gasteiger partial charge < -0.3 is 9.47 Å². The second-order valence-electron chi connectivity index (χ2n) is 6.10. The molecule has 0 heterocycles. The van der Waals surface area contributed by atoms with Crippen molar-refractivity contribution in [1.29, 1.82) is 0 Å². The molecule has 0 aliphatic rings. The second kappa shape index (κ2) is 9.14. The van der Waals surface area contributed by atoms with Crippen molar-refractivity contribution in [2.24, 2.45) is 5.10 Å². The Morgan fingerprint density at radius 2 is 1.72 bits per heavy atom. The molecule has 0 aromatic heterocycles. The molecule has 3 rings (SSSR count). The molecule has 0 spiro atoms. The summed E-state index contributed by atoms with van der Waals surface area (Å²) in [4.78, 5) is 0. The number of hydrogen-bond acceptors (Lipinski definition) is 4. The van der Waals surface area contributed by atoms with E-state index >= 15 is 0 Å². The molecule has 0 aliphatic carbocycles. The number of rotatable bonds is 7. The van der Waals surface area contributed by atoms with Crippen LogP contribution in [0, 0.1) is 0 Å². The summed E-state index contributed by atoms with van der Waals surface area (Å²) in [5.41, 5.74) is 4.03. The zero-order valence-electron chi connectivity index (χ0n) is 15.6. The Bertz CT molecular complexity index is 973. The number of hydrogen-bond donors (Lipinski definition) is 1. The lowest BCUT2D eigenvalue weighted by atomic mass is 10.1. The van der Waals surface area contributed by atoms with Gasteiger partial charge in [-0.3, -0.25) is 5.43 Å². The highest BCUT2D eigenvalue weighted by Crippen LogP contribution is 2.32. The number of nitrogens with one attached hydrogen (secondary N) is 1. The molecular weight excluding hydrogens is 381 g/mol. The van der Waals surface area contributed by atoms with E-state index in [0.29, 0.717) is 22.6 Å². The molecule has 0 fully saturated rings. The molecule has 3 aromatic rings. The van der Waals surface area contributed by atoms with Crippen molar-refractivity contribution in [3.8, 4) is 11.5 Å². The van der Waals surface area contributed by atoms with E-state index in [1.807, 2.05) is 30.3 Å². The van der Waals surface area contributed by atoms with Crippen LogP contribution >= 0.6 is 0 Å². The van der Waals surface area contributed by atoms with E-state index in [9.17, 15) is 13.2 Å². The summed E-state index contributed by atoms with van der Waals surface area (Å²) in [6.07, 6.45) is -2.83. The van der Waals surface area contributed by atoms with Crippen LogP contribution < -0.4 is 14.9 Å². The van der Waals surface area contributed by atoms with Crippen molar-refractivity contribution in [3.05, 3.63) is 89.5 Å². The molecule has 3 aromatic carbocycles. The Morgan fingerprint density at radius 1 is 0.966 bits per heavy atom. The van der Waals surface area contributed by atoms with Crippen LogP contribution in [0.15, 0.2) is 77.9 Å². The average molecular weight is 400 g/mol. The third-order valence-electron chi connectivity index (χ3n) is 4.04. The zero-order chi connectivity index (χ0) is 20.7. The van der Waals surface area contributed by atoms with Crippen LogP contribution in [0.25, 0.3) is 0 Å². The number of halogens is 3. The lowest BCUT2D eigenvalue weighted by Crippen LogP contribution is -2.07. The van der Waals surface area contributed by atoms with E-state index < -0.39 is 11.7 Å². The first-order valence-corrected chi connectivity index (χ1v) is 8.77. The quantitative estimate of drug-likeness (QED) is 0.406. The summed E-state index contributed by atoms with van der Waals surface area (Å²) < 4.78 is 49.9. The van der Waals surface area contributed by atoms with Crippen LogP contribution in [-0.4, -0.2) is 13.3 Å². The number of ether oxygens (including phenoxy) is 2. The Balaban J connectivity index is 1.78. The largest absolute Gasteiger partial charge is 0.493 e. The number of anilines is 1. The van der Waals surface area contributed by atoms with Crippen molar-refractivity contribution < 1.29 is 22.6 Å². The van der Waals surface area contributed by atoms with Gasteiger partial charge in [0.25, 0.3) is 0 Å². The zero-order valence-corrected chi connectivity index (χ0v) is 15.6. The van der Waals surface area contributed by atoms with Crippen LogP contribution in [0.3, 0.4) is 0 Å². The summed E-state index contributed by atoms with van der Waals surface area (Å²) in [5.74, 6) is 0.853. The molecule has 29 heavy (non-hydrogen) atoms. The normalized spacial score (nSPS) is 11.4. The molecule has 0 atom stereocenters. The standard InChI is InChI=1S/C22H19F3N2O2/c1-28-20-12-6-8-17(14-26-27-19-10-3-2-4-11-19)21(20)29-15-16-7-5-9-18(13-16)22(23,24)25/h2-14,27H,15H2,1H3. The van der Waals surface area contributed by atoms with E-state index in [2.05, 4.69) is 10.5 Å². The van der Waals surface area contributed by atoms with Crippen LogP contribution in [0.2, 0.25) is 0 Å². The third kappa shape index (κ3) is 5.51. The first-order valence-electron chi connectivity index (χ1n) is 8.77. The number of hydrazone groups is 1. The first kappa shape index (κ1) is 20.3. The predicted octanol–water partition coefficient (Wildman–Crippen LogP) is 5.74. The maximum Gasteiger partial charge on any atom is 0.416 e. The Kier molecular flexibility index (Phi) is 6.39. The minimum Gasteiger partial charge on any atom is -0.493 e. The molecule has 4 nitrogen and oxygen atoms in total. The molecule has 0 aliphatic heterocycles. The van der Waals surface area contributed by atoms with Gasteiger partial charge in [0.05, 0.1) is 24.6 Å². The highest BCUT2D eigenvalue weighted by molar-refractivity contribution is 5.85. The monoisotopic (exact) mass is 400 g/mol. The number of benzene rings is 3. The van der Waals surface area contributed by atoms with Gasteiger partial charge in [0.1, 0.15) is 6.61 Å². The molecule has 0 saturated heterocycles. The minimum absolute atomic E-state index is 0.0444. The van der Waals surface area contributed by atoms with Gasteiger partial charge in [-0.1, -0.05) is 36.4 Å². The molecule has 0 saturated carbocycles. The van der Waals surface area contributed by atoms with Crippen LogP contribution in [0.5, 0.6) is 11.5 Å². The summed E-state index contributed by atoms with van der Waals surface area (Å²) in [7, 11) is 1.50. The highest BCUT2D eigenvalue weighted by atomic mass is 19.4. The fourth-order valence-corrected chi connectivity index (χ4v) is 2.63. The average Bonchev–Trinajstić information content (AvgIpc) is 2.73.